The van der Waals surface area contributed by atoms with Crippen LogP contribution in [-0.4, -0.2) is 51.6 Å². The van der Waals surface area contributed by atoms with Crippen LogP contribution in [0.3, 0.4) is 0 Å². The van der Waals surface area contributed by atoms with Crippen molar-refractivity contribution in [3.63, 3.8) is 0 Å². The number of nitriles is 2. The van der Waals surface area contributed by atoms with Crippen molar-refractivity contribution in [2.45, 2.75) is 36.7 Å². The van der Waals surface area contributed by atoms with Gasteiger partial charge in [-0.3, -0.25) is 4.90 Å². The Kier molecular flexibility index (Phi) is 6.61. The van der Waals surface area contributed by atoms with Crippen LogP contribution >= 0.6 is 15.9 Å². The normalized spacial score (nSPS) is 18.3. The number of hydrogen-bond donors (Lipinski definition) is 1. The summed E-state index contributed by atoms with van der Waals surface area (Å²) in [4.78, 5) is 14.4. The van der Waals surface area contributed by atoms with Crippen LogP contribution in [0.15, 0.2) is 0 Å². The zero-order valence-electron chi connectivity index (χ0n) is 10.6. The molecule has 1 unspecified atom stereocenters. The van der Waals surface area contributed by atoms with Crippen LogP contribution in [0.5, 0.6) is 0 Å². The molecule has 1 aliphatic rings. The number of hydrogen-bond acceptors (Lipinski definition) is 4. The van der Waals surface area contributed by atoms with Gasteiger partial charge >= 0.3 is 6.09 Å². The highest BCUT2D eigenvalue weighted by atomic mass is 79.9. The minimum atomic E-state index is -0.993. The number of carbonyl (C=O) groups is 1. The molecule has 0 aromatic rings. The van der Waals surface area contributed by atoms with Gasteiger partial charge in [-0.15, -0.1) is 0 Å². The minimum absolute atomic E-state index is 0.0615. The zero-order chi connectivity index (χ0) is 14.3. The minimum Gasteiger partial charge on any atom is -0.465 e. The van der Waals surface area contributed by atoms with E-state index in [-0.39, 0.29) is 12.5 Å². The smallest absolute Gasteiger partial charge is 0.408 e. The van der Waals surface area contributed by atoms with Crippen molar-refractivity contribution in [1.82, 2.24) is 9.80 Å². The molecule has 0 aromatic carbocycles. The molecule has 1 atom stereocenters. The molecule has 0 bridgehead atoms. The highest BCUT2D eigenvalue weighted by molar-refractivity contribution is 9.09. The lowest BCUT2D eigenvalue weighted by Crippen LogP contribution is -2.49. The Balaban J connectivity index is 2.53. The van der Waals surface area contributed by atoms with Crippen molar-refractivity contribution >= 4 is 22.0 Å². The second-order valence-corrected chi connectivity index (χ2v) is 5.52. The standard InChI is InChI=1S/C12H17BrN4O2/c13-11(2-6-15)17(12(18)19)10-3-8-16(9-4-10)7-1-5-14/h10-11H,1-4,7-9H2,(H,18,19). The number of alkyl halides is 1. The van der Waals surface area contributed by atoms with E-state index in [0.29, 0.717) is 6.42 Å². The lowest BCUT2D eigenvalue weighted by molar-refractivity contribution is 0.0873. The summed E-state index contributed by atoms with van der Waals surface area (Å²) in [5, 5.41) is 26.5. The van der Waals surface area contributed by atoms with E-state index >= 15 is 0 Å². The molecule has 19 heavy (non-hydrogen) atoms. The summed E-state index contributed by atoms with van der Waals surface area (Å²) < 4.78 is 0. The lowest BCUT2D eigenvalue weighted by atomic mass is 10.0. The van der Waals surface area contributed by atoms with Crippen LogP contribution in [0.1, 0.15) is 25.7 Å². The average molecular weight is 329 g/mol. The fourth-order valence-electron chi connectivity index (χ4n) is 2.31. The van der Waals surface area contributed by atoms with Crippen LogP contribution in [0.4, 0.5) is 4.79 Å². The summed E-state index contributed by atoms with van der Waals surface area (Å²) in [5.74, 6) is 0. The number of amides is 1. The van der Waals surface area contributed by atoms with Crippen molar-refractivity contribution in [2.24, 2.45) is 0 Å². The summed E-state index contributed by atoms with van der Waals surface area (Å²) in [6.45, 7) is 2.33. The van der Waals surface area contributed by atoms with Gasteiger partial charge in [-0.2, -0.15) is 10.5 Å². The Morgan fingerprint density at radius 1 is 1.42 bits per heavy atom. The van der Waals surface area contributed by atoms with Crippen LogP contribution in [0.25, 0.3) is 0 Å². The molecular weight excluding hydrogens is 312 g/mol. The van der Waals surface area contributed by atoms with Gasteiger partial charge in [0, 0.05) is 32.1 Å². The van der Waals surface area contributed by atoms with Gasteiger partial charge in [-0.25, -0.2) is 4.79 Å². The van der Waals surface area contributed by atoms with Gasteiger partial charge in [0.25, 0.3) is 0 Å². The van der Waals surface area contributed by atoms with Crippen molar-refractivity contribution in [2.75, 3.05) is 19.6 Å². The molecule has 1 N–H and O–H groups in total. The predicted octanol–water partition coefficient (Wildman–Crippen LogP) is 1.98. The van der Waals surface area contributed by atoms with Gasteiger partial charge < -0.3 is 10.0 Å². The van der Waals surface area contributed by atoms with Crippen molar-refractivity contribution in [3.8, 4) is 12.1 Å². The summed E-state index contributed by atoms with van der Waals surface area (Å²) in [6, 6.07) is 4.03. The molecule has 1 amide bonds. The molecule has 1 rings (SSSR count). The third kappa shape index (κ3) is 4.70. The number of rotatable bonds is 5. The Morgan fingerprint density at radius 3 is 2.53 bits per heavy atom. The Hall–Kier alpha value is -1.31. The zero-order valence-corrected chi connectivity index (χ0v) is 12.2. The molecule has 0 radical (unpaired) electrons. The number of halogens is 1. The van der Waals surface area contributed by atoms with E-state index in [2.05, 4.69) is 26.9 Å². The molecule has 1 saturated heterocycles. The van der Waals surface area contributed by atoms with E-state index < -0.39 is 11.0 Å². The molecule has 104 valence electrons. The SMILES string of the molecule is N#CCCN1CCC(N(C(=O)O)C(Br)CC#N)CC1. The fourth-order valence-corrected chi connectivity index (χ4v) is 2.96. The molecule has 6 nitrogen and oxygen atoms in total. The van der Waals surface area contributed by atoms with Gasteiger partial charge in [0.05, 0.1) is 18.6 Å². The number of carboxylic acid groups (broad SMARTS) is 1. The van der Waals surface area contributed by atoms with Crippen molar-refractivity contribution in [3.05, 3.63) is 0 Å². The molecule has 0 spiro atoms. The van der Waals surface area contributed by atoms with E-state index in [9.17, 15) is 9.90 Å². The first kappa shape index (κ1) is 15.7. The van der Waals surface area contributed by atoms with Gasteiger partial charge in [-0.1, -0.05) is 15.9 Å². The summed E-state index contributed by atoms with van der Waals surface area (Å²) in [7, 11) is 0. The van der Waals surface area contributed by atoms with Gasteiger partial charge in [0.15, 0.2) is 0 Å². The fraction of sp³-hybridized carbons (Fsp3) is 0.750. The van der Waals surface area contributed by atoms with Gasteiger partial charge in [0.2, 0.25) is 0 Å². The monoisotopic (exact) mass is 328 g/mol. The predicted molar refractivity (Wildman–Crippen MR) is 72.5 cm³/mol. The highest BCUT2D eigenvalue weighted by Gasteiger charge is 2.31. The first-order chi connectivity index (χ1) is 9.10. The van der Waals surface area contributed by atoms with E-state index in [0.717, 1.165) is 32.5 Å². The van der Waals surface area contributed by atoms with Crippen LogP contribution in [-0.2, 0) is 0 Å². The molecule has 1 aliphatic heterocycles. The highest BCUT2D eigenvalue weighted by Crippen LogP contribution is 2.23. The molecule has 1 heterocycles. The number of likely N-dealkylation sites (tertiary alicyclic amines) is 1. The van der Waals surface area contributed by atoms with Crippen molar-refractivity contribution in [1.29, 1.82) is 10.5 Å². The average Bonchev–Trinajstić information content (AvgIpc) is 2.38. The molecule has 0 aromatic heterocycles. The van der Waals surface area contributed by atoms with Gasteiger partial charge in [-0.05, 0) is 12.8 Å². The summed E-state index contributed by atoms with van der Waals surface area (Å²) in [5.41, 5.74) is 0. The summed E-state index contributed by atoms with van der Waals surface area (Å²) >= 11 is 3.26. The lowest BCUT2D eigenvalue weighted by Gasteiger charge is -2.38. The molecule has 0 aliphatic carbocycles. The van der Waals surface area contributed by atoms with E-state index in [1.165, 1.54) is 4.90 Å². The Morgan fingerprint density at radius 2 is 2.05 bits per heavy atom. The van der Waals surface area contributed by atoms with Crippen molar-refractivity contribution < 1.29 is 9.90 Å². The maximum absolute atomic E-state index is 11.3. The Labute approximate surface area is 121 Å². The summed E-state index contributed by atoms with van der Waals surface area (Å²) in [6.07, 6.45) is 1.13. The molecule has 0 saturated carbocycles. The first-order valence-electron chi connectivity index (χ1n) is 6.21. The molecule has 1 fully saturated rings. The second-order valence-electron chi connectivity index (χ2n) is 4.47. The van der Waals surface area contributed by atoms with E-state index in [4.69, 9.17) is 10.5 Å². The van der Waals surface area contributed by atoms with E-state index in [1.54, 1.807) is 0 Å². The third-order valence-electron chi connectivity index (χ3n) is 3.27. The molecular formula is C12H17BrN4O2. The molecule has 7 heteroatoms. The quantitative estimate of drug-likeness (QED) is 0.615. The van der Waals surface area contributed by atoms with Gasteiger partial charge in [0.1, 0.15) is 4.95 Å². The first-order valence-corrected chi connectivity index (χ1v) is 7.13. The maximum Gasteiger partial charge on any atom is 0.408 e. The number of piperidine rings is 1. The van der Waals surface area contributed by atoms with Crippen LogP contribution < -0.4 is 0 Å². The third-order valence-corrected chi connectivity index (χ3v) is 4.04. The largest absolute Gasteiger partial charge is 0.465 e. The van der Waals surface area contributed by atoms with Crippen LogP contribution in [0.2, 0.25) is 0 Å². The van der Waals surface area contributed by atoms with E-state index in [1.807, 2.05) is 6.07 Å². The van der Waals surface area contributed by atoms with Crippen LogP contribution in [0, 0.1) is 22.7 Å². The Bertz CT molecular complexity index is 382. The second kappa shape index (κ2) is 7.98. The number of nitrogens with zero attached hydrogens (tertiary/aromatic N) is 4. The maximum atomic E-state index is 11.3. The topological polar surface area (TPSA) is 91.4 Å².